The highest BCUT2D eigenvalue weighted by molar-refractivity contribution is 7.80. The van der Waals surface area contributed by atoms with Gasteiger partial charge in [-0.1, -0.05) is 11.6 Å². The molecule has 0 aliphatic carbocycles. The number of nitrogens with one attached hydrogen (secondary N) is 3. The molecule has 0 heterocycles. The lowest BCUT2D eigenvalue weighted by molar-refractivity contribution is -0.385. The zero-order chi connectivity index (χ0) is 20.8. The molecule has 28 heavy (non-hydrogen) atoms. The van der Waals surface area contributed by atoms with Gasteiger partial charge in [0.25, 0.3) is 23.2 Å². The summed E-state index contributed by atoms with van der Waals surface area (Å²) in [6.07, 6.45) is 0. The fraction of sp³-hybridized carbons (Fsp3) is 0. The van der Waals surface area contributed by atoms with Crippen LogP contribution >= 0.6 is 23.8 Å². The lowest BCUT2D eigenvalue weighted by atomic mass is 10.2. The third-order valence-corrected chi connectivity index (χ3v) is 3.79. The third kappa shape index (κ3) is 5.18. The molecule has 0 aliphatic rings. The van der Waals surface area contributed by atoms with Crippen LogP contribution in [0.15, 0.2) is 42.5 Å². The lowest BCUT2D eigenvalue weighted by Crippen LogP contribution is -2.48. The zero-order valence-electron chi connectivity index (χ0n) is 13.7. The van der Waals surface area contributed by atoms with Gasteiger partial charge < -0.3 is 0 Å². The van der Waals surface area contributed by atoms with Crippen molar-refractivity contribution in [2.24, 2.45) is 0 Å². The van der Waals surface area contributed by atoms with Crippen LogP contribution < -0.4 is 16.2 Å². The topological polar surface area (TPSA) is 157 Å². The second-order valence-electron chi connectivity index (χ2n) is 5.09. The van der Waals surface area contributed by atoms with E-state index in [4.69, 9.17) is 23.8 Å². The van der Waals surface area contributed by atoms with Crippen LogP contribution in [0.5, 0.6) is 0 Å². The van der Waals surface area contributed by atoms with Crippen molar-refractivity contribution in [2.75, 3.05) is 0 Å². The van der Waals surface area contributed by atoms with Crippen LogP contribution in [-0.2, 0) is 0 Å². The van der Waals surface area contributed by atoms with Gasteiger partial charge in [-0.3, -0.25) is 46.0 Å². The number of carbonyl (C=O) groups is 2. The van der Waals surface area contributed by atoms with Gasteiger partial charge in [0, 0.05) is 29.3 Å². The van der Waals surface area contributed by atoms with Gasteiger partial charge in [-0.2, -0.15) is 0 Å². The number of thiocarbonyl (C=S) groups is 1. The highest BCUT2D eigenvalue weighted by Crippen LogP contribution is 2.24. The average Bonchev–Trinajstić information content (AvgIpc) is 2.66. The van der Waals surface area contributed by atoms with E-state index in [0.717, 1.165) is 18.2 Å². The smallest absolute Gasteiger partial charge is 0.288 e. The van der Waals surface area contributed by atoms with Gasteiger partial charge in [-0.05, 0) is 36.5 Å². The minimum atomic E-state index is -0.758. The quantitative estimate of drug-likeness (QED) is 0.383. The van der Waals surface area contributed by atoms with Gasteiger partial charge in [-0.15, -0.1) is 0 Å². The number of non-ortho nitro benzene ring substituents is 1. The maximum Gasteiger partial charge on any atom is 0.288 e. The summed E-state index contributed by atoms with van der Waals surface area (Å²) in [6, 6.07) is 8.23. The first-order valence-corrected chi connectivity index (χ1v) is 8.07. The van der Waals surface area contributed by atoms with E-state index in [1.807, 2.05) is 0 Å². The number of carbonyl (C=O) groups excluding carboxylic acids is 2. The van der Waals surface area contributed by atoms with Crippen molar-refractivity contribution < 1.29 is 19.4 Å². The molecule has 0 bridgehead atoms. The van der Waals surface area contributed by atoms with E-state index in [-0.39, 0.29) is 26.9 Å². The first kappa shape index (κ1) is 20.7. The molecule has 3 N–H and O–H groups in total. The summed E-state index contributed by atoms with van der Waals surface area (Å²) in [4.78, 5) is 44.1. The summed E-state index contributed by atoms with van der Waals surface area (Å²) >= 11 is 10.5. The first-order chi connectivity index (χ1) is 13.2. The Balaban J connectivity index is 1.93. The molecule has 0 unspecified atom stereocenters. The minimum absolute atomic E-state index is 0.0619. The Morgan fingerprint density at radius 1 is 0.893 bits per heavy atom. The van der Waals surface area contributed by atoms with E-state index < -0.39 is 27.3 Å². The Hall–Kier alpha value is -3.64. The summed E-state index contributed by atoms with van der Waals surface area (Å²) < 4.78 is 0. The molecule has 2 rings (SSSR count). The molecule has 0 spiro atoms. The number of hydrogen-bond acceptors (Lipinski definition) is 7. The van der Waals surface area contributed by atoms with Crippen LogP contribution in [0.2, 0.25) is 5.02 Å². The first-order valence-electron chi connectivity index (χ1n) is 7.29. The Bertz CT molecular complexity index is 981. The molecule has 2 aromatic rings. The molecule has 0 saturated heterocycles. The molecule has 0 atom stereocenters. The summed E-state index contributed by atoms with van der Waals surface area (Å²) in [5.41, 5.74) is 3.85. The molecular formula is C15H10ClN5O6S. The molecule has 0 saturated carbocycles. The number of halogens is 1. The largest absolute Gasteiger partial charge is 0.298 e. The molecule has 144 valence electrons. The van der Waals surface area contributed by atoms with Crippen molar-refractivity contribution >= 4 is 52.1 Å². The van der Waals surface area contributed by atoms with Crippen molar-refractivity contribution in [2.45, 2.75) is 0 Å². The number of benzene rings is 2. The van der Waals surface area contributed by atoms with E-state index in [9.17, 15) is 29.8 Å². The summed E-state index contributed by atoms with van der Waals surface area (Å²) in [5, 5.41) is 23.3. The van der Waals surface area contributed by atoms with Gasteiger partial charge in [-0.25, -0.2) is 0 Å². The van der Waals surface area contributed by atoms with Crippen LogP contribution in [-0.4, -0.2) is 26.8 Å². The van der Waals surface area contributed by atoms with Crippen molar-refractivity contribution in [3.05, 3.63) is 78.8 Å². The Morgan fingerprint density at radius 3 is 2.07 bits per heavy atom. The summed E-state index contributed by atoms with van der Waals surface area (Å²) in [5.74, 6) is -1.42. The van der Waals surface area contributed by atoms with E-state index in [1.54, 1.807) is 0 Å². The molecule has 0 radical (unpaired) electrons. The number of hydrogen-bond donors (Lipinski definition) is 3. The van der Waals surface area contributed by atoms with Crippen LogP contribution in [0.3, 0.4) is 0 Å². The number of nitro benzene ring substituents is 2. The SMILES string of the molecule is O=C(NNC(=S)NC(=O)c1ccc([N+](=O)[O-])cc1)c1ccc(Cl)c([N+](=O)[O-])c1. The average molecular weight is 424 g/mol. The van der Waals surface area contributed by atoms with Crippen LogP contribution in [0, 0.1) is 20.2 Å². The Morgan fingerprint density at radius 2 is 1.50 bits per heavy atom. The predicted molar refractivity (Wildman–Crippen MR) is 102 cm³/mol. The molecule has 2 amide bonds. The number of amides is 2. The number of nitrogens with zero attached hydrogens (tertiary/aromatic N) is 2. The van der Waals surface area contributed by atoms with Crippen molar-refractivity contribution in [1.29, 1.82) is 0 Å². The zero-order valence-corrected chi connectivity index (χ0v) is 15.2. The number of rotatable bonds is 4. The molecule has 0 aromatic heterocycles. The minimum Gasteiger partial charge on any atom is -0.298 e. The number of nitro groups is 2. The van der Waals surface area contributed by atoms with E-state index in [2.05, 4.69) is 16.2 Å². The molecule has 11 nitrogen and oxygen atoms in total. The summed E-state index contributed by atoms with van der Waals surface area (Å²) in [7, 11) is 0. The lowest BCUT2D eigenvalue weighted by Gasteiger charge is -2.11. The van der Waals surface area contributed by atoms with Gasteiger partial charge in [0.2, 0.25) is 0 Å². The normalized spacial score (nSPS) is 9.89. The van der Waals surface area contributed by atoms with Crippen LogP contribution in [0.25, 0.3) is 0 Å². The Labute approximate surface area is 166 Å². The molecule has 0 fully saturated rings. The van der Waals surface area contributed by atoms with Crippen LogP contribution in [0.1, 0.15) is 20.7 Å². The second kappa shape index (κ2) is 8.83. The molecular weight excluding hydrogens is 414 g/mol. The van der Waals surface area contributed by atoms with Crippen molar-refractivity contribution in [3.63, 3.8) is 0 Å². The van der Waals surface area contributed by atoms with E-state index >= 15 is 0 Å². The fourth-order valence-corrected chi connectivity index (χ4v) is 2.25. The van der Waals surface area contributed by atoms with Crippen molar-refractivity contribution in [1.82, 2.24) is 16.2 Å². The van der Waals surface area contributed by atoms with Gasteiger partial charge in [0.15, 0.2) is 5.11 Å². The highest BCUT2D eigenvalue weighted by atomic mass is 35.5. The fourth-order valence-electron chi connectivity index (χ4n) is 1.92. The van der Waals surface area contributed by atoms with Gasteiger partial charge in [0.05, 0.1) is 9.85 Å². The number of hydrazine groups is 1. The monoisotopic (exact) mass is 423 g/mol. The van der Waals surface area contributed by atoms with Gasteiger partial charge >= 0.3 is 0 Å². The summed E-state index contributed by atoms with van der Waals surface area (Å²) in [6.45, 7) is 0. The van der Waals surface area contributed by atoms with Gasteiger partial charge in [0.1, 0.15) is 5.02 Å². The maximum absolute atomic E-state index is 12.0. The van der Waals surface area contributed by atoms with E-state index in [1.165, 1.54) is 24.3 Å². The molecule has 2 aromatic carbocycles. The predicted octanol–water partition coefficient (Wildman–Crippen LogP) is 2.11. The third-order valence-electron chi connectivity index (χ3n) is 3.26. The standard InChI is InChI=1S/C15H10ClN5O6S/c16-11-6-3-9(7-12(11)21(26)27)14(23)18-19-15(28)17-13(22)8-1-4-10(5-2-8)20(24)25/h1-7H,(H,18,23)(H2,17,19,22,28). The Kier molecular flexibility index (Phi) is 6.52. The van der Waals surface area contributed by atoms with Crippen molar-refractivity contribution in [3.8, 4) is 0 Å². The van der Waals surface area contributed by atoms with Crippen LogP contribution in [0.4, 0.5) is 11.4 Å². The highest BCUT2D eigenvalue weighted by Gasteiger charge is 2.17. The molecule has 13 heteroatoms. The second-order valence-corrected chi connectivity index (χ2v) is 5.91. The van der Waals surface area contributed by atoms with E-state index in [0.29, 0.717) is 0 Å². The maximum atomic E-state index is 12.0. The molecule has 0 aliphatic heterocycles.